The molecule has 0 unspecified atom stereocenters. The number of carbonyl (C=O) groups excluding carboxylic acids is 1. The average Bonchev–Trinajstić information content (AvgIpc) is 2.05. The monoisotopic (exact) mass is 174 g/mol. The van der Waals surface area contributed by atoms with E-state index in [9.17, 15) is 4.79 Å². The van der Waals surface area contributed by atoms with Gasteiger partial charge in [0.15, 0.2) is 0 Å². The Morgan fingerprint density at radius 2 is 2.33 bits per heavy atom. The summed E-state index contributed by atoms with van der Waals surface area (Å²) in [5.41, 5.74) is 5.54. The van der Waals surface area contributed by atoms with Crippen molar-refractivity contribution in [3.8, 4) is 0 Å². The highest BCUT2D eigenvalue weighted by atomic mass is 16.3. The first-order chi connectivity index (χ1) is 5.72. The van der Waals surface area contributed by atoms with Gasteiger partial charge in [-0.25, -0.2) is 0 Å². The summed E-state index contributed by atoms with van der Waals surface area (Å²) in [4.78, 5) is 11.1. The molecule has 1 amide bonds. The highest BCUT2D eigenvalue weighted by molar-refractivity contribution is 5.81. The van der Waals surface area contributed by atoms with Crippen LogP contribution in [0.25, 0.3) is 0 Å². The van der Waals surface area contributed by atoms with Gasteiger partial charge in [0.25, 0.3) is 0 Å². The molecule has 0 fully saturated rings. The van der Waals surface area contributed by atoms with Gasteiger partial charge in [-0.05, 0) is 12.8 Å². The van der Waals surface area contributed by atoms with E-state index < -0.39 is 6.04 Å². The van der Waals surface area contributed by atoms with E-state index in [4.69, 9.17) is 10.8 Å². The van der Waals surface area contributed by atoms with Crippen LogP contribution in [0.3, 0.4) is 0 Å². The van der Waals surface area contributed by atoms with Crippen molar-refractivity contribution in [3.63, 3.8) is 0 Å². The van der Waals surface area contributed by atoms with Crippen LogP contribution in [0.5, 0.6) is 0 Å². The Kier molecular flexibility index (Phi) is 6.70. The maximum absolute atomic E-state index is 11.1. The Hall–Kier alpha value is -0.610. The average molecular weight is 174 g/mol. The van der Waals surface area contributed by atoms with E-state index in [1.807, 2.05) is 6.92 Å². The van der Waals surface area contributed by atoms with Gasteiger partial charge < -0.3 is 16.2 Å². The number of nitrogens with two attached hydrogens (primary N) is 1. The molecule has 0 rings (SSSR count). The fourth-order valence-corrected chi connectivity index (χ4v) is 0.864. The van der Waals surface area contributed by atoms with Crippen LogP contribution < -0.4 is 11.1 Å². The highest BCUT2D eigenvalue weighted by Crippen LogP contribution is 1.92. The molecular weight excluding hydrogens is 156 g/mol. The Labute approximate surface area is 73.1 Å². The summed E-state index contributed by atoms with van der Waals surface area (Å²) in [6.45, 7) is 2.59. The molecule has 0 radical (unpaired) electrons. The van der Waals surface area contributed by atoms with Gasteiger partial charge in [0.1, 0.15) is 0 Å². The molecule has 0 heterocycles. The molecule has 12 heavy (non-hydrogen) atoms. The van der Waals surface area contributed by atoms with Crippen LogP contribution in [0.15, 0.2) is 0 Å². The van der Waals surface area contributed by atoms with Crippen molar-refractivity contribution in [3.05, 3.63) is 0 Å². The summed E-state index contributed by atoms with van der Waals surface area (Å²) < 4.78 is 0. The number of amides is 1. The molecule has 0 saturated heterocycles. The Bertz CT molecular complexity index is 128. The first-order valence-electron chi connectivity index (χ1n) is 4.36. The third-order valence-corrected chi connectivity index (χ3v) is 1.57. The number of aliphatic hydroxyl groups is 1. The molecule has 0 saturated carbocycles. The summed E-state index contributed by atoms with van der Waals surface area (Å²) in [6, 6.07) is -0.395. The van der Waals surface area contributed by atoms with Crippen molar-refractivity contribution in [1.29, 1.82) is 0 Å². The highest BCUT2D eigenvalue weighted by Gasteiger charge is 2.10. The largest absolute Gasteiger partial charge is 0.396 e. The SMILES string of the molecule is CCC[C@H](N)C(=O)NCCCO. The van der Waals surface area contributed by atoms with Crippen molar-refractivity contribution >= 4 is 5.91 Å². The minimum Gasteiger partial charge on any atom is -0.396 e. The van der Waals surface area contributed by atoms with Gasteiger partial charge in [0, 0.05) is 13.2 Å². The lowest BCUT2D eigenvalue weighted by molar-refractivity contribution is -0.122. The lowest BCUT2D eigenvalue weighted by Crippen LogP contribution is -2.40. The second-order valence-electron chi connectivity index (χ2n) is 2.76. The summed E-state index contributed by atoms with van der Waals surface area (Å²) >= 11 is 0. The third kappa shape index (κ3) is 5.09. The molecule has 72 valence electrons. The van der Waals surface area contributed by atoms with Crippen LogP contribution in [-0.4, -0.2) is 30.2 Å². The van der Waals surface area contributed by atoms with E-state index in [-0.39, 0.29) is 12.5 Å². The van der Waals surface area contributed by atoms with Crippen molar-refractivity contribution in [1.82, 2.24) is 5.32 Å². The van der Waals surface area contributed by atoms with E-state index in [2.05, 4.69) is 5.32 Å². The molecule has 4 heteroatoms. The molecule has 1 atom stereocenters. The molecule has 0 aliphatic carbocycles. The first kappa shape index (κ1) is 11.4. The van der Waals surface area contributed by atoms with E-state index >= 15 is 0 Å². The molecule has 4 N–H and O–H groups in total. The van der Waals surface area contributed by atoms with Crippen LogP contribution in [-0.2, 0) is 4.79 Å². The second-order valence-corrected chi connectivity index (χ2v) is 2.76. The lowest BCUT2D eigenvalue weighted by atomic mass is 10.2. The first-order valence-corrected chi connectivity index (χ1v) is 4.36. The van der Waals surface area contributed by atoms with Crippen LogP contribution in [0.2, 0.25) is 0 Å². The number of hydrogen-bond donors (Lipinski definition) is 3. The lowest BCUT2D eigenvalue weighted by Gasteiger charge is -2.09. The third-order valence-electron chi connectivity index (χ3n) is 1.57. The van der Waals surface area contributed by atoms with Gasteiger partial charge >= 0.3 is 0 Å². The molecular formula is C8H18N2O2. The van der Waals surface area contributed by atoms with Crippen molar-refractivity contribution in [2.75, 3.05) is 13.2 Å². The maximum atomic E-state index is 11.1. The van der Waals surface area contributed by atoms with Crippen molar-refractivity contribution < 1.29 is 9.90 Å². The standard InChI is InChI=1S/C8H18N2O2/c1-2-4-7(9)8(12)10-5-3-6-11/h7,11H,2-6,9H2,1H3,(H,10,12)/t7-/m0/s1. The van der Waals surface area contributed by atoms with Crippen molar-refractivity contribution in [2.45, 2.75) is 32.2 Å². The number of carbonyl (C=O) groups is 1. The molecule has 0 aliphatic heterocycles. The van der Waals surface area contributed by atoms with Gasteiger partial charge in [0.05, 0.1) is 6.04 Å². The summed E-state index contributed by atoms with van der Waals surface area (Å²) in [5, 5.41) is 11.1. The van der Waals surface area contributed by atoms with Crippen LogP contribution in [0.4, 0.5) is 0 Å². The quantitative estimate of drug-likeness (QED) is 0.480. The molecule has 0 aromatic rings. The van der Waals surface area contributed by atoms with Gasteiger partial charge in [-0.2, -0.15) is 0 Å². The predicted octanol–water partition coefficient (Wildman–Crippen LogP) is -0.388. The van der Waals surface area contributed by atoms with E-state index in [0.29, 0.717) is 19.4 Å². The minimum absolute atomic E-state index is 0.100. The maximum Gasteiger partial charge on any atom is 0.236 e. The normalized spacial score (nSPS) is 12.6. The van der Waals surface area contributed by atoms with Gasteiger partial charge in [-0.1, -0.05) is 13.3 Å². The fraction of sp³-hybridized carbons (Fsp3) is 0.875. The molecule has 0 aromatic heterocycles. The van der Waals surface area contributed by atoms with Crippen LogP contribution >= 0.6 is 0 Å². The van der Waals surface area contributed by atoms with E-state index in [0.717, 1.165) is 6.42 Å². The zero-order valence-electron chi connectivity index (χ0n) is 7.55. The Morgan fingerprint density at radius 3 is 2.83 bits per heavy atom. The van der Waals surface area contributed by atoms with Gasteiger partial charge in [0.2, 0.25) is 5.91 Å². The minimum atomic E-state index is -0.395. The Balaban J connectivity index is 3.43. The zero-order valence-corrected chi connectivity index (χ0v) is 7.55. The van der Waals surface area contributed by atoms with Crippen LogP contribution in [0.1, 0.15) is 26.2 Å². The fourth-order valence-electron chi connectivity index (χ4n) is 0.864. The molecule has 4 nitrogen and oxygen atoms in total. The number of nitrogens with one attached hydrogen (secondary N) is 1. The number of hydrogen-bond acceptors (Lipinski definition) is 3. The number of rotatable bonds is 6. The molecule has 0 aliphatic rings. The number of aliphatic hydroxyl groups excluding tert-OH is 1. The summed E-state index contributed by atoms with van der Waals surface area (Å²) in [7, 11) is 0. The predicted molar refractivity (Wildman–Crippen MR) is 47.6 cm³/mol. The topological polar surface area (TPSA) is 75.4 Å². The van der Waals surface area contributed by atoms with Crippen LogP contribution in [0, 0.1) is 0 Å². The summed E-state index contributed by atoms with van der Waals surface area (Å²) in [5.74, 6) is -0.120. The molecule has 0 spiro atoms. The Morgan fingerprint density at radius 1 is 1.67 bits per heavy atom. The van der Waals surface area contributed by atoms with Gasteiger partial charge in [-0.15, -0.1) is 0 Å². The van der Waals surface area contributed by atoms with E-state index in [1.54, 1.807) is 0 Å². The molecule has 0 bridgehead atoms. The van der Waals surface area contributed by atoms with Gasteiger partial charge in [-0.3, -0.25) is 4.79 Å². The zero-order chi connectivity index (χ0) is 9.40. The summed E-state index contributed by atoms with van der Waals surface area (Å²) in [6.07, 6.45) is 2.21. The van der Waals surface area contributed by atoms with E-state index in [1.165, 1.54) is 0 Å². The van der Waals surface area contributed by atoms with Crippen molar-refractivity contribution in [2.24, 2.45) is 5.73 Å². The second kappa shape index (κ2) is 7.06. The smallest absolute Gasteiger partial charge is 0.236 e. The molecule has 0 aromatic carbocycles.